The summed E-state index contributed by atoms with van der Waals surface area (Å²) in [5, 5.41) is 0. The lowest BCUT2D eigenvalue weighted by molar-refractivity contribution is 0.0260. The highest BCUT2D eigenvalue weighted by Crippen LogP contribution is 2.10. The largest absolute Gasteiger partial charge is 0.444 e. The second-order valence-electron chi connectivity index (χ2n) is 4.54. The Kier molecular flexibility index (Phi) is 6.81. The van der Waals surface area contributed by atoms with Crippen molar-refractivity contribution in [2.75, 3.05) is 18.8 Å². The number of thiol groups is 1. The van der Waals surface area contributed by atoms with Crippen LogP contribution < -0.4 is 0 Å². The van der Waals surface area contributed by atoms with Gasteiger partial charge in [0, 0.05) is 18.8 Å². The standard InChI is InChI=1S/C11H23NO2S/c1-5-6-7-12(8-9-15)10(13)14-11(2,3)4/h15H,5-9H2,1-4H3. The SMILES string of the molecule is CCCCN(CCS)C(=O)OC(C)(C)C. The molecular weight excluding hydrogens is 210 g/mol. The third-order valence-corrected chi connectivity index (χ3v) is 2.00. The van der Waals surface area contributed by atoms with Crippen molar-refractivity contribution >= 4 is 18.7 Å². The summed E-state index contributed by atoms with van der Waals surface area (Å²) in [6.07, 6.45) is 1.85. The van der Waals surface area contributed by atoms with Gasteiger partial charge in [-0.15, -0.1) is 0 Å². The fraction of sp³-hybridized carbons (Fsp3) is 0.909. The molecule has 0 fully saturated rings. The van der Waals surface area contributed by atoms with E-state index < -0.39 is 5.60 Å². The Morgan fingerprint density at radius 1 is 1.33 bits per heavy atom. The van der Waals surface area contributed by atoms with Gasteiger partial charge in [-0.1, -0.05) is 13.3 Å². The number of unbranched alkanes of at least 4 members (excludes halogenated alkanes) is 1. The number of hydrogen-bond acceptors (Lipinski definition) is 3. The molecule has 0 bridgehead atoms. The molecule has 0 saturated carbocycles. The predicted molar refractivity (Wildman–Crippen MR) is 66.6 cm³/mol. The molecule has 0 aromatic heterocycles. The van der Waals surface area contributed by atoms with Crippen LogP contribution in [0.3, 0.4) is 0 Å². The van der Waals surface area contributed by atoms with Crippen molar-refractivity contribution in [2.45, 2.75) is 46.1 Å². The van der Waals surface area contributed by atoms with Gasteiger partial charge >= 0.3 is 6.09 Å². The van der Waals surface area contributed by atoms with Gasteiger partial charge < -0.3 is 9.64 Å². The van der Waals surface area contributed by atoms with Crippen molar-refractivity contribution in [2.24, 2.45) is 0 Å². The van der Waals surface area contributed by atoms with E-state index in [1.165, 1.54) is 0 Å². The van der Waals surface area contributed by atoms with Gasteiger partial charge in [-0.25, -0.2) is 4.79 Å². The van der Waals surface area contributed by atoms with Crippen molar-refractivity contribution in [3.8, 4) is 0 Å². The summed E-state index contributed by atoms with van der Waals surface area (Å²) < 4.78 is 5.30. The third-order valence-electron chi connectivity index (χ3n) is 1.80. The van der Waals surface area contributed by atoms with Gasteiger partial charge in [-0.3, -0.25) is 0 Å². The van der Waals surface area contributed by atoms with E-state index in [0.29, 0.717) is 12.3 Å². The van der Waals surface area contributed by atoms with E-state index >= 15 is 0 Å². The zero-order valence-electron chi connectivity index (χ0n) is 10.2. The second-order valence-corrected chi connectivity index (χ2v) is 4.99. The van der Waals surface area contributed by atoms with Gasteiger partial charge in [-0.05, 0) is 27.2 Å². The number of ether oxygens (including phenoxy) is 1. The Morgan fingerprint density at radius 2 is 1.93 bits per heavy atom. The molecule has 0 aliphatic carbocycles. The van der Waals surface area contributed by atoms with Crippen LogP contribution in [0.15, 0.2) is 0 Å². The van der Waals surface area contributed by atoms with E-state index in [2.05, 4.69) is 19.6 Å². The predicted octanol–water partition coefficient (Wildman–Crippen LogP) is 2.95. The smallest absolute Gasteiger partial charge is 0.410 e. The molecule has 0 aromatic carbocycles. The van der Waals surface area contributed by atoms with Crippen LogP contribution in [0.25, 0.3) is 0 Å². The zero-order chi connectivity index (χ0) is 11.9. The summed E-state index contributed by atoms with van der Waals surface area (Å²) in [5.41, 5.74) is -0.419. The second kappa shape index (κ2) is 6.99. The van der Waals surface area contributed by atoms with E-state index in [1.807, 2.05) is 20.8 Å². The quantitative estimate of drug-likeness (QED) is 0.740. The highest BCUT2D eigenvalue weighted by atomic mass is 32.1. The van der Waals surface area contributed by atoms with Crippen molar-refractivity contribution < 1.29 is 9.53 Å². The average molecular weight is 233 g/mol. The lowest BCUT2D eigenvalue weighted by Crippen LogP contribution is -2.38. The van der Waals surface area contributed by atoms with Gasteiger partial charge in [0.25, 0.3) is 0 Å². The minimum atomic E-state index is -0.419. The first-order chi connectivity index (χ1) is 6.90. The maximum atomic E-state index is 11.7. The number of carbonyl (C=O) groups is 1. The Bertz CT molecular complexity index is 190. The van der Waals surface area contributed by atoms with E-state index in [-0.39, 0.29) is 6.09 Å². The van der Waals surface area contributed by atoms with Crippen molar-refractivity contribution in [3.05, 3.63) is 0 Å². The highest BCUT2D eigenvalue weighted by Gasteiger charge is 2.20. The molecule has 0 N–H and O–H groups in total. The molecule has 0 heterocycles. The number of carbonyl (C=O) groups excluding carboxylic acids is 1. The van der Waals surface area contributed by atoms with Crippen LogP contribution in [-0.2, 0) is 4.74 Å². The Hall–Kier alpha value is -0.380. The van der Waals surface area contributed by atoms with Crippen LogP contribution in [0, 0.1) is 0 Å². The first-order valence-corrected chi connectivity index (χ1v) is 6.12. The molecule has 0 saturated heterocycles. The molecule has 0 radical (unpaired) electrons. The molecule has 0 aliphatic heterocycles. The highest BCUT2D eigenvalue weighted by molar-refractivity contribution is 7.80. The van der Waals surface area contributed by atoms with Gasteiger partial charge in [0.05, 0.1) is 0 Å². The molecule has 1 amide bonds. The van der Waals surface area contributed by atoms with Crippen molar-refractivity contribution in [3.63, 3.8) is 0 Å². The van der Waals surface area contributed by atoms with Gasteiger partial charge in [0.15, 0.2) is 0 Å². The van der Waals surface area contributed by atoms with Crippen LogP contribution in [0.4, 0.5) is 4.79 Å². The summed E-state index contributed by atoms with van der Waals surface area (Å²) in [4.78, 5) is 13.4. The lowest BCUT2D eigenvalue weighted by atomic mass is 10.2. The molecule has 0 rings (SSSR count). The summed E-state index contributed by atoms with van der Waals surface area (Å²) in [5.74, 6) is 0.670. The summed E-state index contributed by atoms with van der Waals surface area (Å²) in [6.45, 7) is 9.15. The van der Waals surface area contributed by atoms with Crippen LogP contribution in [0.1, 0.15) is 40.5 Å². The molecule has 0 spiro atoms. The molecule has 90 valence electrons. The molecule has 0 atom stereocenters. The van der Waals surface area contributed by atoms with Crippen LogP contribution >= 0.6 is 12.6 Å². The zero-order valence-corrected chi connectivity index (χ0v) is 11.1. The minimum absolute atomic E-state index is 0.231. The van der Waals surface area contributed by atoms with E-state index in [1.54, 1.807) is 4.90 Å². The van der Waals surface area contributed by atoms with Crippen LogP contribution in [-0.4, -0.2) is 35.4 Å². The maximum absolute atomic E-state index is 11.7. The van der Waals surface area contributed by atoms with E-state index in [4.69, 9.17) is 4.74 Å². The first-order valence-electron chi connectivity index (χ1n) is 5.49. The van der Waals surface area contributed by atoms with E-state index in [9.17, 15) is 4.79 Å². The molecule has 0 aromatic rings. The Balaban J connectivity index is 4.15. The first kappa shape index (κ1) is 14.6. The monoisotopic (exact) mass is 233 g/mol. The minimum Gasteiger partial charge on any atom is -0.444 e. The molecule has 0 unspecified atom stereocenters. The van der Waals surface area contributed by atoms with Crippen molar-refractivity contribution in [1.82, 2.24) is 4.90 Å². The topological polar surface area (TPSA) is 29.5 Å². The third kappa shape index (κ3) is 7.54. The Morgan fingerprint density at radius 3 is 2.33 bits per heavy atom. The number of nitrogens with zero attached hydrogens (tertiary/aromatic N) is 1. The molecular formula is C11H23NO2S. The summed E-state index contributed by atoms with van der Waals surface area (Å²) in [6, 6.07) is 0. The van der Waals surface area contributed by atoms with Crippen molar-refractivity contribution in [1.29, 1.82) is 0 Å². The molecule has 4 heteroatoms. The maximum Gasteiger partial charge on any atom is 0.410 e. The Labute approximate surface area is 98.6 Å². The van der Waals surface area contributed by atoms with Gasteiger partial charge in [-0.2, -0.15) is 12.6 Å². The van der Waals surface area contributed by atoms with Crippen LogP contribution in [0.5, 0.6) is 0 Å². The normalized spacial score (nSPS) is 11.3. The summed E-state index contributed by atoms with van der Waals surface area (Å²) >= 11 is 4.14. The molecule has 3 nitrogen and oxygen atoms in total. The average Bonchev–Trinajstić information content (AvgIpc) is 2.09. The molecule has 0 aliphatic rings. The lowest BCUT2D eigenvalue weighted by Gasteiger charge is -2.26. The summed E-state index contributed by atoms with van der Waals surface area (Å²) in [7, 11) is 0. The number of rotatable bonds is 5. The molecule has 15 heavy (non-hydrogen) atoms. The fourth-order valence-corrected chi connectivity index (χ4v) is 1.33. The number of amides is 1. The number of hydrogen-bond donors (Lipinski definition) is 1. The van der Waals surface area contributed by atoms with Gasteiger partial charge in [0.2, 0.25) is 0 Å². The fourth-order valence-electron chi connectivity index (χ4n) is 1.09. The van der Waals surface area contributed by atoms with E-state index in [0.717, 1.165) is 19.4 Å². The van der Waals surface area contributed by atoms with Crippen LogP contribution in [0.2, 0.25) is 0 Å². The van der Waals surface area contributed by atoms with Gasteiger partial charge in [0.1, 0.15) is 5.60 Å².